The van der Waals surface area contributed by atoms with Gasteiger partial charge in [0, 0.05) is 18.6 Å². The van der Waals surface area contributed by atoms with Gasteiger partial charge in [-0.2, -0.15) is 5.10 Å². The van der Waals surface area contributed by atoms with E-state index in [1.54, 1.807) is 30.0 Å². The molecule has 0 fully saturated rings. The van der Waals surface area contributed by atoms with E-state index in [0.717, 1.165) is 11.3 Å². The third-order valence-electron chi connectivity index (χ3n) is 4.29. The first-order valence-electron chi connectivity index (χ1n) is 8.78. The molecular formula is C21H20ClN3O4. The minimum Gasteiger partial charge on any atom is -0.497 e. The molecule has 3 aromatic rings. The van der Waals surface area contributed by atoms with Crippen molar-refractivity contribution in [3.63, 3.8) is 0 Å². The summed E-state index contributed by atoms with van der Waals surface area (Å²) in [5.41, 5.74) is 1.69. The van der Waals surface area contributed by atoms with Crippen molar-refractivity contribution in [3.8, 4) is 11.5 Å². The summed E-state index contributed by atoms with van der Waals surface area (Å²) in [5.74, 6) is 0.955. The first kappa shape index (κ1) is 20.4. The van der Waals surface area contributed by atoms with Crippen LogP contribution in [0.4, 0.5) is 5.82 Å². The van der Waals surface area contributed by atoms with Gasteiger partial charge >= 0.3 is 0 Å². The molecule has 0 aliphatic rings. The van der Waals surface area contributed by atoms with Crippen molar-refractivity contribution in [2.24, 2.45) is 0 Å². The fourth-order valence-corrected chi connectivity index (χ4v) is 3.04. The number of amides is 1. The Bertz CT molecular complexity index is 1040. The van der Waals surface area contributed by atoms with E-state index < -0.39 is 5.91 Å². The number of aromatic nitrogens is 2. The van der Waals surface area contributed by atoms with Gasteiger partial charge in [-0.25, -0.2) is 0 Å². The van der Waals surface area contributed by atoms with Crippen molar-refractivity contribution in [1.82, 2.24) is 9.78 Å². The fraction of sp³-hybridized carbons (Fsp3) is 0.190. The number of nitrogens with zero attached hydrogens (tertiary/aromatic N) is 2. The van der Waals surface area contributed by atoms with E-state index in [1.807, 2.05) is 24.3 Å². The Labute approximate surface area is 173 Å². The highest BCUT2D eigenvalue weighted by molar-refractivity contribution is 6.32. The van der Waals surface area contributed by atoms with Crippen LogP contribution in [0.25, 0.3) is 0 Å². The average Bonchev–Trinajstić information content (AvgIpc) is 3.10. The number of Topliss-reactive ketones (excluding diaryl/α,β-unsaturated/α-hetero) is 1. The van der Waals surface area contributed by atoms with Gasteiger partial charge in [-0.1, -0.05) is 23.7 Å². The Morgan fingerprint density at radius 2 is 1.79 bits per heavy atom. The maximum absolute atomic E-state index is 12.5. The summed E-state index contributed by atoms with van der Waals surface area (Å²) in [6.45, 7) is 1.83. The zero-order valence-corrected chi connectivity index (χ0v) is 17.0. The molecular weight excluding hydrogens is 394 g/mol. The van der Waals surface area contributed by atoms with Crippen molar-refractivity contribution >= 4 is 29.1 Å². The number of benzene rings is 2. The number of rotatable bonds is 7. The summed E-state index contributed by atoms with van der Waals surface area (Å²) in [7, 11) is 3.10. The SMILES string of the molecule is COc1ccc(Cn2nc(NC(=O)c3ccc(OC)c(Cl)c3)cc2C(C)=O)cc1. The molecule has 2 aromatic carbocycles. The van der Waals surface area contributed by atoms with Gasteiger partial charge in [0.1, 0.15) is 17.2 Å². The molecule has 0 saturated heterocycles. The van der Waals surface area contributed by atoms with Gasteiger partial charge in [-0.05, 0) is 35.9 Å². The van der Waals surface area contributed by atoms with Gasteiger partial charge in [-0.3, -0.25) is 14.3 Å². The van der Waals surface area contributed by atoms with Crippen molar-refractivity contribution in [2.75, 3.05) is 19.5 Å². The molecule has 3 rings (SSSR count). The number of methoxy groups -OCH3 is 2. The lowest BCUT2D eigenvalue weighted by Gasteiger charge is -2.07. The number of ketones is 1. The number of nitrogens with one attached hydrogen (secondary N) is 1. The van der Waals surface area contributed by atoms with E-state index >= 15 is 0 Å². The van der Waals surface area contributed by atoms with Crippen LogP contribution in [-0.4, -0.2) is 35.7 Å². The molecule has 0 radical (unpaired) electrons. The van der Waals surface area contributed by atoms with E-state index in [0.29, 0.717) is 28.6 Å². The van der Waals surface area contributed by atoms with Crippen LogP contribution in [0, 0.1) is 0 Å². The van der Waals surface area contributed by atoms with E-state index in [1.165, 1.54) is 20.1 Å². The Hall–Kier alpha value is -3.32. The second-order valence-electron chi connectivity index (χ2n) is 6.28. The molecule has 0 spiro atoms. The van der Waals surface area contributed by atoms with Crippen molar-refractivity contribution in [3.05, 3.63) is 70.4 Å². The lowest BCUT2D eigenvalue weighted by molar-refractivity contribution is 0.100. The molecule has 0 unspecified atom stereocenters. The zero-order valence-electron chi connectivity index (χ0n) is 16.2. The van der Waals surface area contributed by atoms with Crippen molar-refractivity contribution < 1.29 is 19.1 Å². The largest absolute Gasteiger partial charge is 0.497 e. The molecule has 1 amide bonds. The van der Waals surface area contributed by atoms with Crippen molar-refractivity contribution in [1.29, 1.82) is 0 Å². The first-order chi connectivity index (χ1) is 13.9. The van der Waals surface area contributed by atoms with E-state index in [9.17, 15) is 9.59 Å². The smallest absolute Gasteiger partial charge is 0.256 e. The Morgan fingerprint density at radius 1 is 1.07 bits per heavy atom. The van der Waals surface area contributed by atoms with Gasteiger partial charge in [0.25, 0.3) is 5.91 Å². The molecule has 0 atom stereocenters. The van der Waals surface area contributed by atoms with Gasteiger partial charge in [0.05, 0.1) is 25.8 Å². The quantitative estimate of drug-likeness (QED) is 0.591. The van der Waals surface area contributed by atoms with E-state index in [-0.39, 0.29) is 11.6 Å². The highest BCUT2D eigenvalue weighted by Gasteiger charge is 2.16. The minimum absolute atomic E-state index is 0.154. The van der Waals surface area contributed by atoms with Crippen LogP contribution in [0.2, 0.25) is 5.02 Å². The summed E-state index contributed by atoms with van der Waals surface area (Å²) in [4.78, 5) is 24.5. The normalized spacial score (nSPS) is 10.5. The topological polar surface area (TPSA) is 82.4 Å². The molecule has 1 heterocycles. The number of carbonyl (C=O) groups excluding carboxylic acids is 2. The molecule has 150 valence electrons. The Morgan fingerprint density at radius 3 is 2.38 bits per heavy atom. The summed E-state index contributed by atoms with van der Waals surface area (Å²) < 4.78 is 11.8. The highest BCUT2D eigenvalue weighted by Crippen LogP contribution is 2.25. The van der Waals surface area contributed by atoms with E-state index in [4.69, 9.17) is 21.1 Å². The molecule has 1 N–H and O–H groups in total. The van der Waals surface area contributed by atoms with Gasteiger partial charge < -0.3 is 14.8 Å². The maximum atomic E-state index is 12.5. The molecule has 0 saturated carbocycles. The van der Waals surface area contributed by atoms with Crippen LogP contribution >= 0.6 is 11.6 Å². The second kappa shape index (κ2) is 8.79. The molecule has 0 aliphatic carbocycles. The predicted molar refractivity (Wildman–Crippen MR) is 110 cm³/mol. The number of hydrogen-bond acceptors (Lipinski definition) is 5. The van der Waals surface area contributed by atoms with Crippen LogP contribution in [-0.2, 0) is 6.54 Å². The number of halogens is 1. The Kier molecular flexibility index (Phi) is 6.19. The van der Waals surface area contributed by atoms with Gasteiger partial charge in [0.15, 0.2) is 11.6 Å². The molecule has 29 heavy (non-hydrogen) atoms. The summed E-state index contributed by atoms with van der Waals surface area (Å²) in [5, 5.41) is 7.39. The first-order valence-corrected chi connectivity index (χ1v) is 9.15. The third kappa shape index (κ3) is 4.75. The number of hydrogen-bond donors (Lipinski definition) is 1. The second-order valence-corrected chi connectivity index (χ2v) is 6.69. The summed E-state index contributed by atoms with van der Waals surface area (Å²) >= 11 is 6.08. The molecule has 0 aliphatic heterocycles. The molecule has 7 nitrogen and oxygen atoms in total. The van der Waals surface area contributed by atoms with Gasteiger partial charge in [0.2, 0.25) is 0 Å². The van der Waals surface area contributed by atoms with Gasteiger partial charge in [-0.15, -0.1) is 0 Å². The predicted octanol–water partition coefficient (Wildman–Crippen LogP) is 4.06. The number of carbonyl (C=O) groups is 2. The molecule has 1 aromatic heterocycles. The number of anilines is 1. The van der Waals surface area contributed by atoms with Crippen LogP contribution in [0.3, 0.4) is 0 Å². The maximum Gasteiger partial charge on any atom is 0.256 e. The van der Waals surface area contributed by atoms with Crippen molar-refractivity contribution in [2.45, 2.75) is 13.5 Å². The monoisotopic (exact) mass is 413 g/mol. The van der Waals surface area contributed by atoms with E-state index in [2.05, 4.69) is 10.4 Å². The molecule has 8 heteroatoms. The minimum atomic E-state index is -0.390. The standard InChI is InChI=1S/C21H20ClN3O4/c1-13(26)18-11-20(23-21(27)15-6-9-19(29-3)17(22)10-15)24-25(18)12-14-4-7-16(28-2)8-5-14/h4-11H,12H2,1-3H3,(H,23,24,27). The fourth-order valence-electron chi connectivity index (χ4n) is 2.78. The average molecular weight is 414 g/mol. The van der Waals surface area contributed by atoms with Crippen LogP contribution < -0.4 is 14.8 Å². The van der Waals surface area contributed by atoms with Crippen LogP contribution in [0.15, 0.2) is 48.5 Å². The summed E-state index contributed by atoms with van der Waals surface area (Å²) in [6, 6.07) is 13.7. The lowest BCUT2D eigenvalue weighted by atomic mass is 10.2. The van der Waals surface area contributed by atoms with Crippen LogP contribution in [0.1, 0.15) is 33.3 Å². The Balaban J connectivity index is 1.81. The third-order valence-corrected chi connectivity index (χ3v) is 4.58. The summed E-state index contributed by atoms with van der Waals surface area (Å²) in [6.07, 6.45) is 0. The molecule has 0 bridgehead atoms. The lowest BCUT2D eigenvalue weighted by Crippen LogP contribution is -2.13. The van der Waals surface area contributed by atoms with Crippen LogP contribution in [0.5, 0.6) is 11.5 Å². The number of ether oxygens (including phenoxy) is 2. The zero-order chi connectivity index (χ0) is 21.0. The highest BCUT2D eigenvalue weighted by atomic mass is 35.5.